The van der Waals surface area contributed by atoms with Crippen LogP contribution < -0.4 is 11.2 Å². The van der Waals surface area contributed by atoms with Crippen LogP contribution in [0.1, 0.15) is 77.1 Å². The molecule has 0 aliphatic rings. The summed E-state index contributed by atoms with van der Waals surface area (Å²) in [5, 5.41) is 14.5. The minimum atomic E-state index is -0.697. The van der Waals surface area contributed by atoms with Gasteiger partial charge in [-0.05, 0) is 42.3 Å². The first kappa shape index (κ1) is 23.9. The molecule has 0 fully saturated rings. The molecule has 0 saturated carbocycles. The van der Waals surface area contributed by atoms with E-state index in [1.54, 1.807) is 11.5 Å². The number of nitrogens with zero attached hydrogens (tertiary/aromatic N) is 4. The van der Waals surface area contributed by atoms with Crippen LogP contribution in [0.3, 0.4) is 0 Å². The number of hydrogen-bond donors (Lipinski definition) is 1. The van der Waals surface area contributed by atoms with Crippen molar-refractivity contribution in [3.63, 3.8) is 0 Å². The molecular weight excluding hydrogens is 411 g/mol. The fraction of sp³-hybridized carbons (Fsp3) is 0.542. The van der Waals surface area contributed by atoms with Crippen molar-refractivity contribution in [3.05, 3.63) is 56.4 Å². The number of pyridine rings is 1. The van der Waals surface area contributed by atoms with Gasteiger partial charge in [0.05, 0.1) is 5.39 Å². The van der Waals surface area contributed by atoms with E-state index in [4.69, 9.17) is 0 Å². The molecule has 0 aliphatic carbocycles. The van der Waals surface area contributed by atoms with Crippen LogP contribution in [0, 0.1) is 5.82 Å². The van der Waals surface area contributed by atoms with E-state index in [1.807, 2.05) is 20.0 Å². The van der Waals surface area contributed by atoms with E-state index in [-0.39, 0.29) is 23.0 Å². The molecule has 3 rings (SSSR count). The van der Waals surface area contributed by atoms with Crippen molar-refractivity contribution in [2.75, 3.05) is 0 Å². The molecule has 1 N–H and O–H groups in total. The first-order chi connectivity index (χ1) is 15.3. The lowest BCUT2D eigenvalue weighted by atomic mass is 9.97. The van der Waals surface area contributed by atoms with Crippen molar-refractivity contribution >= 4 is 10.8 Å². The van der Waals surface area contributed by atoms with E-state index < -0.39 is 18.1 Å². The number of hydrogen-bond acceptors (Lipinski definition) is 4. The van der Waals surface area contributed by atoms with Gasteiger partial charge < -0.3 is 9.67 Å². The van der Waals surface area contributed by atoms with Crippen molar-refractivity contribution in [3.8, 4) is 5.69 Å². The summed E-state index contributed by atoms with van der Waals surface area (Å²) in [6.45, 7) is 8.45. The third-order valence-electron chi connectivity index (χ3n) is 5.93. The predicted molar refractivity (Wildman–Crippen MR) is 124 cm³/mol. The Balaban J connectivity index is 2.13. The number of aromatic nitrogens is 4. The monoisotopic (exact) mass is 444 g/mol. The Morgan fingerprint density at radius 1 is 1.06 bits per heavy atom. The summed E-state index contributed by atoms with van der Waals surface area (Å²) < 4.78 is 19.1. The largest absolute Gasteiger partial charge is 0.388 e. The number of unbranched alkanes of at least 4 members (excludes halogenated alkanes) is 4. The molecule has 0 radical (unpaired) electrons. The van der Waals surface area contributed by atoms with Gasteiger partial charge in [-0.2, -0.15) is 4.68 Å². The standard InChI is InChI=1S/C24H33FN4O3/c1-5-7-8-9-10-11-27-14-19(16(3)4)17-13-21(20(25)12-18(17)23(27)31)29-24(32)28(6-2)22(15-30)26-29/h12-14,16,30H,5-11,15H2,1-4H3. The fourth-order valence-electron chi connectivity index (χ4n) is 4.13. The Morgan fingerprint density at radius 2 is 1.78 bits per heavy atom. The van der Waals surface area contributed by atoms with E-state index in [2.05, 4.69) is 12.0 Å². The lowest BCUT2D eigenvalue weighted by Crippen LogP contribution is -2.25. The zero-order chi connectivity index (χ0) is 23.4. The van der Waals surface area contributed by atoms with Crippen LogP contribution in [-0.4, -0.2) is 24.0 Å². The zero-order valence-electron chi connectivity index (χ0n) is 19.4. The van der Waals surface area contributed by atoms with Crippen LogP contribution in [0.5, 0.6) is 0 Å². The molecule has 0 saturated heterocycles. The van der Waals surface area contributed by atoms with Gasteiger partial charge in [0.1, 0.15) is 18.1 Å². The van der Waals surface area contributed by atoms with Crippen LogP contribution in [-0.2, 0) is 19.7 Å². The molecule has 0 aliphatic heterocycles. The molecule has 2 heterocycles. The van der Waals surface area contributed by atoms with Crippen molar-refractivity contribution in [1.29, 1.82) is 0 Å². The molecule has 8 heteroatoms. The number of aliphatic hydroxyl groups is 1. The molecule has 2 aromatic heterocycles. The molecule has 0 amide bonds. The van der Waals surface area contributed by atoms with Gasteiger partial charge in [-0.15, -0.1) is 5.10 Å². The maximum atomic E-state index is 15.2. The topological polar surface area (TPSA) is 82.1 Å². The second-order valence-corrected chi connectivity index (χ2v) is 8.51. The molecule has 0 atom stereocenters. The number of aliphatic hydroxyl groups excluding tert-OH is 1. The second-order valence-electron chi connectivity index (χ2n) is 8.51. The Labute approximate surface area is 187 Å². The summed E-state index contributed by atoms with van der Waals surface area (Å²) in [7, 11) is 0. The van der Waals surface area contributed by atoms with E-state index in [1.165, 1.54) is 23.1 Å². The zero-order valence-corrected chi connectivity index (χ0v) is 19.4. The molecular formula is C24H33FN4O3. The summed E-state index contributed by atoms with van der Waals surface area (Å²) in [6, 6.07) is 2.74. The predicted octanol–water partition coefficient (Wildman–Crippen LogP) is 4.09. The average Bonchev–Trinajstić information content (AvgIpc) is 3.09. The molecule has 0 bridgehead atoms. The maximum absolute atomic E-state index is 15.2. The van der Waals surface area contributed by atoms with Crippen molar-refractivity contribution in [1.82, 2.24) is 18.9 Å². The highest BCUT2D eigenvalue weighted by Gasteiger charge is 2.20. The maximum Gasteiger partial charge on any atom is 0.350 e. The van der Waals surface area contributed by atoms with Gasteiger partial charge in [-0.1, -0.05) is 46.5 Å². The van der Waals surface area contributed by atoms with Gasteiger partial charge >= 0.3 is 5.69 Å². The number of fused-ring (bicyclic) bond motifs is 1. The molecule has 1 aromatic carbocycles. The van der Waals surface area contributed by atoms with Crippen molar-refractivity contribution in [2.24, 2.45) is 0 Å². The second kappa shape index (κ2) is 10.3. The smallest absolute Gasteiger partial charge is 0.350 e. The average molecular weight is 445 g/mol. The Bertz CT molecular complexity index is 1210. The normalized spacial score (nSPS) is 11.7. The van der Waals surface area contributed by atoms with E-state index in [0.29, 0.717) is 23.9 Å². The van der Waals surface area contributed by atoms with E-state index in [0.717, 1.165) is 35.9 Å². The van der Waals surface area contributed by atoms with Crippen molar-refractivity contribution < 1.29 is 9.50 Å². The highest BCUT2D eigenvalue weighted by molar-refractivity contribution is 5.87. The minimum Gasteiger partial charge on any atom is -0.388 e. The molecule has 3 aromatic rings. The summed E-state index contributed by atoms with van der Waals surface area (Å²) in [5.41, 5.74) is 0.136. The minimum absolute atomic E-state index is 0.0250. The SMILES string of the molecule is CCCCCCCn1cc(C(C)C)c2cc(-n3nc(CO)n(CC)c3=O)c(F)cc2c1=O. The Hall–Kier alpha value is -2.74. The number of halogens is 1. The molecule has 7 nitrogen and oxygen atoms in total. The first-order valence-corrected chi connectivity index (χ1v) is 11.5. The summed E-state index contributed by atoms with van der Waals surface area (Å²) >= 11 is 0. The van der Waals surface area contributed by atoms with Crippen LogP contribution >= 0.6 is 0 Å². The number of benzene rings is 1. The third kappa shape index (κ3) is 4.55. The van der Waals surface area contributed by atoms with Gasteiger partial charge in [-0.3, -0.25) is 9.36 Å². The summed E-state index contributed by atoms with van der Waals surface area (Å²) in [4.78, 5) is 25.8. The molecule has 0 unspecified atom stereocenters. The first-order valence-electron chi connectivity index (χ1n) is 11.5. The summed E-state index contributed by atoms with van der Waals surface area (Å²) in [6.07, 6.45) is 7.31. The van der Waals surface area contributed by atoms with Gasteiger partial charge in [0, 0.05) is 19.3 Å². The summed E-state index contributed by atoms with van der Waals surface area (Å²) in [5.74, 6) is -0.433. The van der Waals surface area contributed by atoms with Crippen LogP contribution in [0.4, 0.5) is 4.39 Å². The van der Waals surface area contributed by atoms with Crippen LogP contribution in [0.15, 0.2) is 27.9 Å². The molecule has 0 spiro atoms. The highest BCUT2D eigenvalue weighted by atomic mass is 19.1. The van der Waals surface area contributed by atoms with Gasteiger partial charge in [0.2, 0.25) is 0 Å². The van der Waals surface area contributed by atoms with Crippen LogP contribution in [0.2, 0.25) is 0 Å². The van der Waals surface area contributed by atoms with Gasteiger partial charge in [0.15, 0.2) is 5.82 Å². The third-order valence-corrected chi connectivity index (χ3v) is 5.93. The fourth-order valence-corrected chi connectivity index (χ4v) is 4.13. The lowest BCUT2D eigenvalue weighted by molar-refractivity contribution is 0.264. The quantitative estimate of drug-likeness (QED) is 0.478. The van der Waals surface area contributed by atoms with E-state index >= 15 is 4.39 Å². The van der Waals surface area contributed by atoms with Crippen LogP contribution in [0.25, 0.3) is 16.5 Å². The highest BCUT2D eigenvalue weighted by Crippen LogP contribution is 2.27. The number of aryl methyl sites for hydroxylation is 1. The molecule has 32 heavy (non-hydrogen) atoms. The van der Waals surface area contributed by atoms with Gasteiger partial charge in [0.25, 0.3) is 5.56 Å². The van der Waals surface area contributed by atoms with Crippen molar-refractivity contribution in [2.45, 2.75) is 85.4 Å². The molecule has 174 valence electrons. The van der Waals surface area contributed by atoms with E-state index in [9.17, 15) is 14.7 Å². The van der Waals surface area contributed by atoms with Gasteiger partial charge in [-0.25, -0.2) is 9.18 Å². The number of rotatable bonds is 10. The Morgan fingerprint density at radius 3 is 2.38 bits per heavy atom. The Kier molecular flexibility index (Phi) is 7.66. The lowest BCUT2D eigenvalue weighted by Gasteiger charge is -2.16.